The van der Waals surface area contributed by atoms with Crippen LogP contribution in [0.1, 0.15) is 55.3 Å². The maximum atomic E-state index is 10.0. The number of oxazole rings is 1. The summed E-state index contributed by atoms with van der Waals surface area (Å²) < 4.78 is 6.41. The van der Waals surface area contributed by atoms with E-state index in [1.807, 2.05) is 25.1 Å². The van der Waals surface area contributed by atoms with Crippen LogP contribution in [0, 0.1) is 18.3 Å². The maximum absolute atomic E-state index is 10.0. The smallest absolute Gasteiger partial charge is 0.201 e. The highest BCUT2D eigenvalue weighted by molar-refractivity contribution is 5.99. The van der Waals surface area contributed by atoms with Gasteiger partial charge in [0.25, 0.3) is 0 Å². The molecule has 2 heterocycles. The van der Waals surface area contributed by atoms with Crippen molar-refractivity contribution in [1.82, 2.24) is 9.88 Å². The summed E-state index contributed by atoms with van der Waals surface area (Å²) in [6, 6.07) is 13.1. The summed E-state index contributed by atoms with van der Waals surface area (Å²) >= 11 is 0. The first-order valence-corrected chi connectivity index (χ1v) is 11.2. The first kappa shape index (κ1) is 22.1. The molecule has 32 heavy (non-hydrogen) atoms. The van der Waals surface area contributed by atoms with E-state index < -0.39 is 0 Å². The van der Waals surface area contributed by atoms with Crippen molar-refractivity contribution in [2.24, 2.45) is 0 Å². The lowest BCUT2D eigenvalue weighted by atomic mass is 9.96. The molecule has 0 spiro atoms. The fourth-order valence-corrected chi connectivity index (χ4v) is 4.35. The van der Waals surface area contributed by atoms with E-state index in [-0.39, 0.29) is 5.41 Å². The van der Waals surface area contributed by atoms with Crippen LogP contribution in [-0.4, -0.2) is 43.1 Å². The van der Waals surface area contributed by atoms with E-state index in [1.165, 1.54) is 0 Å². The summed E-state index contributed by atoms with van der Waals surface area (Å²) in [5, 5.41) is 10.0. The average Bonchev–Trinajstić information content (AvgIpc) is 3.40. The van der Waals surface area contributed by atoms with Gasteiger partial charge in [-0.05, 0) is 38.6 Å². The Morgan fingerprint density at radius 1 is 1.19 bits per heavy atom. The van der Waals surface area contributed by atoms with Gasteiger partial charge in [-0.15, -0.1) is 0 Å². The number of hydrogen-bond acceptors (Lipinski definition) is 5. The van der Waals surface area contributed by atoms with Crippen LogP contribution in [0.5, 0.6) is 0 Å². The Labute approximate surface area is 191 Å². The number of nitrogens with zero attached hydrogens (tertiary/aromatic N) is 4. The number of nitriles is 1. The molecule has 2 aromatic carbocycles. The SMILES string of the molecule is Cc1c(/C=C/c2ccccc2)c(N2CC[C@H](N(C)C)C2)c2oc(C(C)(C)C)nc2c1C#N. The highest BCUT2D eigenvalue weighted by atomic mass is 16.4. The number of fused-ring (bicyclic) bond motifs is 1. The molecule has 1 aromatic heterocycles. The molecule has 5 heteroatoms. The normalized spacial score (nSPS) is 17.1. The topological polar surface area (TPSA) is 56.3 Å². The predicted octanol–water partition coefficient (Wildman–Crippen LogP) is 5.62. The minimum atomic E-state index is -0.242. The van der Waals surface area contributed by atoms with Gasteiger partial charge in [-0.1, -0.05) is 63.3 Å². The Kier molecular flexibility index (Phi) is 5.83. The third kappa shape index (κ3) is 4.03. The fraction of sp³-hybridized carbons (Fsp3) is 0.407. The van der Waals surface area contributed by atoms with Gasteiger partial charge in [0.15, 0.2) is 5.58 Å². The molecule has 0 radical (unpaired) electrons. The lowest BCUT2D eigenvalue weighted by Crippen LogP contribution is -2.31. The highest BCUT2D eigenvalue weighted by Gasteiger charge is 2.32. The molecule has 0 aliphatic carbocycles. The Morgan fingerprint density at radius 2 is 1.91 bits per heavy atom. The van der Waals surface area contributed by atoms with Crippen LogP contribution in [-0.2, 0) is 5.41 Å². The van der Waals surface area contributed by atoms with Crippen LogP contribution in [0.3, 0.4) is 0 Å². The zero-order valence-corrected chi connectivity index (χ0v) is 19.9. The van der Waals surface area contributed by atoms with Crippen molar-refractivity contribution in [2.45, 2.75) is 45.6 Å². The van der Waals surface area contributed by atoms with Gasteiger partial charge >= 0.3 is 0 Å². The molecule has 0 bridgehead atoms. The van der Waals surface area contributed by atoms with E-state index >= 15 is 0 Å². The molecule has 0 saturated carbocycles. The van der Waals surface area contributed by atoms with E-state index in [0.717, 1.165) is 47.5 Å². The standard InChI is InChI=1S/C27H32N4O/c1-18-21(13-12-19-10-8-7-9-11-19)24(31-15-14-20(17-31)30(5)6)25-23(22(18)16-28)29-26(32-25)27(2,3)4/h7-13,20H,14-15,17H2,1-6H3/b13-12+/t20-/m0/s1. The van der Waals surface area contributed by atoms with Gasteiger partial charge in [0.2, 0.25) is 5.89 Å². The van der Waals surface area contributed by atoms with Crippen LogP contribution < -0.4 is 4.90 Å². The zero-order valence-electron chi connectivity index (χ0n) is 19.9. The third-order valence-corrected chi connectivity index (χ3v) is 6.32. The van der Waals surface area contributed by atoms with E-state index in [1.54, 1.807) is 0 Å². The summed E-state index contributed by atoms with van der Waals surface area (Å²) in [4.78, 5) is 9.50. The first-order valence-electron chi connectivity index (χ1n) is 11.2. The number of rotatable bonds is 4. The minimum absolute atomic E-state index is 0.242. The molecule has 1 fully saturated rings. The van der Waals surface area contributed by atoms with Crippen molar-refractivity contribution in [3.63, 3.8) is 0 Å². The number of benzene rings is 2. The monoisotopic (exact) mass is 428 g/mol. The van der Waals surface area contributed by atoms with Crippen molar-refractivity contribution >= 4 is 28.9 Å². The number of likely N-dealkylation sites (N-methyl/N-ethyl adjacent to an activating group) is 1. The lowest BCUT2D eigenvalue weighted by molar-refractivity contribution is 0.315. The minimum Gasteiger partial charge on any atom is -0.438 e. The molecule has 5 nitrogen and oxygen atoms in total. The second-order valence-electron chi connectivity index (χ2n) is 9.92. The third-order valence-electron chi connectivity index (χ3n) is 6.32. The van der Waals surface area contributed by atoms with Crippen LogP contribution >= 0.6 is 0 Å². The van der Waals surface area contributed by atoms with Gasteiger partial charge < -0.3 is 14.2 Å². The summed E-state index contributed by atoms with van der Waals surface area (Å²) in [5.74, 6) is 0.664. The van der Waals surface area contributed by atoms with Crippen molar-refractivity contribution in [3.05, 3.63) is 58.5 Å². The van der Waals surface area contributed by atoms with Crippen LogP contribution in [0.2, 0.25) is 0 Å². The molecule has 1 saturated heterocycles. The largest absolute Gasteiger partial charge is 0.438 e. The van der Waals surface area contributed by atoms with Gasteiger partial charge in [-0.2, -0.15) is 5.26 Å². The van der Waals surface area contributed by atoms with Gasteiger partial charge in [0.05, 0.1) is 11.3 Å². The molecule has 0 unspecified atom stereocenters. The Balaban J connectivity index is 1.96. The van der Waals surface area contributed by atoms with Gasteiger partial charge in [-0.25, -0.2) is 4.98 Å². The molecule has 1 aliphatic heterocycles. The molecule has 0 N–H and O–H groups in total. The Morgan fingerprint density at radius 3 is 2.50 bits per heavy atom. The van der Waals surface area contributed by atoms with Crippen LogP contribution in [0.15, 0.2) is 34.7 Å². The summed E-state index contributed by atoms with van der Waals surface area (Å²) in [5.41, 5.74) is 5.92. The van der Waals surface area contributed by atoms with Crippen molar-refractivity contribution in [2.75, 3.05) is 32.1 Å². The molecule has 1 atom stereocenters. The van der Waals surface area contributed by atoms with E-state index in [2.05, 4.69) is 75.0 Å². The molecule has 3 aromatic rings. The van der Waals surface area contributed by atoms with Crippen molar-refractivity contribution < 1.29 is 4.42 Å². The van der Waals surface area contributed by atoms with Crippen LogP contribution in [0.25, 0.3) is 23.3 Å². The molecule has 166 valence electrons. The van der Waals surface area contributed by atoms with Crippen molar-refractivity contribution in [3.8, 4) is 6.07 Å². The number of aromatic nitrogens is 1. The van der Waals surface area contributed by atoms with Crippen LogP contribution in [0.4, 0.5) is 5.69 Å². The maximum Gasteiger partial charge on any atom is 0.201 e. The fourth-order valence-electron chi connectivity index (χ4n) is 4.35. The van der Waals surface area contributed by atoms with E-state index in [9.17, 15) is 5.26 Å². The average molecular weight is 429 g/mol. The second kappa shape index (κ2) is 8.44. The summed E-state index contributed by atoms with van der Waals surface area (Å²) in [6.45, 7) is 10.2. The highest BCUT2D eigenvalue weighted by Crippen LogP contribution is 2.41. The molecule has 1 aliphatic rings. The summed E-state index contributed by atoms with van der Waals surface area (Å²) in [6.07, 6.45) is 5.33. The van der Waals surface area contributed by atoms with Crippen molar-refractivity contribution in [1.29, 1.82) is 5.26 Å². The predicted molar refractivity (Wildman–Crippen MR) is 132 cm³/mol. The Hall–Kier alpha value is -3.10. The zero-order chi connectivity index (χ0) is 23.0. The van der Waals surface area contributed by atoms with E-state index in [4.69, 9.17) is 9.40 Å². The quantitative estimate of drug-likeness (QED) is 0.505. The Bertz CT molecular complexity index is 1190. The van der Waals surface area contributed by atoms with Gasteiger partial charge in [-0.3, -0.25) is 0 Å². The molecular formula is C27H32N4O. The summed E-state index contributed by atoms with van der Waals surface area (Å²) in [7, 11) is 4.27. The molecule has 4 rings (SSSR count). The molecular weight excluding hydrogens is 396 g/mol. The van der Waals surface area contributed by atoms with E-state index in [0.29, 0.717) is 23.0 Å². The first-order chi connectivity index (χ1) is 15.2. The molecule has 0 amide bonds. The number of anilines is 1. The lowest BCUT2D eigenvalue weighted by Gasteiger charge is -2.24. The second-order valence-corrected chi connectivity index (χ2v) is 9.92. The number of hydrogen-bond donors (Lipinski definition) is 0. The van der Waals surface area contributed by atoms with Gasteiger partial charge in [0.1, 0.15) is 11.6 Å². The van der Waals surface area contributed by atoms with Gasteiger partial charge in [0, 0.05) is 30.1 Å².